The van der Waals surface area contributed by atoms with E-state index >= 15 is 0 Å². The molecule has 1 aliphatic carbocycles. The third-order valence-electron chi connectivity index (χ3n) is 4.29. The fourth-order valence-electron chi connectivity index (χ4n) is 3.35. The number of carboxylic acid groups (broad SMARTS) is 1. The molecular formula is C14H26N2O2. The molecule has 0 radical (unpaired) electrons. The molecule has 0 spiro atoms. The standard InChI is InChI=1S/C14H26N2O2/c17-14(18)9-15-13-7-4-8-16(11-13)10-12-5-2-1-3-6-12/h12-13,15H,1-11H2,(H,17,18). The van der Waals surface area contributed by atoms with Crippen molar-refractivity contribution in [1.82, 2.24) is 10.2 Å². The first kappa shape index (κ1) is 13.8. The first-order valence-corrected chi connectivity index (χ1v) is 7.41. The molecule has 1 heterocycles. The molecule has 1 saturated carbocycles. The first-order valence-electron chi connectivity index (χ1n) is 7.41. The summed E-state index contributed by atoms with van der Waals surface area (Å²) in [5.74, 6) is 0.136. The van der Waals surface area contributed by atoms with Gasteiger partial charge in [0.15, 0.2) is 0 Å². The molecule has 0 aromatic carbocycles. The molecule has 2 N–H and O–H groups in total. The van der Waals surface area contributed by atoms with Gasteiger partial charge in [-0.3, -0.25) is 4.79 Å². The molecule has 0 aromatic rings. The van der Waals surface area contributed by atoms with Crippen LogP contribution in [0.1, 0.15) is 44.9 Å². The van der Waals surface area contributed by atoms with E-state index in [-0.39, 0.29) is 6.54 Å². The Kier molecular flexibility index (Phi) is 5.45. The summed E-state index contributed by atoms with van der Waals surface area (Å²) in [5.41, 5.74) is 0. The number of rotatable bonds is 5. The Balaban J connectivity index is 1.70. The van der Waals surface area contributed by atoms with Gasteiger partial charge in [0.05, 0.1) is 6.54 Å². The fraction of sp³-hybridized carbons (Fsp3) is 0.929. The van der Waals surface area contributed by atoms with Crippen LogP contribution >= 0.6 is 0 Å². The van der Waals surface area contributed by atoms with Gasteiger partial charge in [0.1, 0.15) is 0 Å². The Morgan fingerprint density at radius 3 is 2.67 bits per heavy atom. The van der Waals surface area contributed by atoms with Crippen molar-refractivity contribution in [2.75, 3.05) is 26.2 Å². The molecule has 1 aliphatic heterocycles. The van der Waals surface area contributed by atoms with Crippen molar-refractivity contribution in [1.29, 1.82) is 0 Å². The van der Waals surface area contributed by atoms with E-state index in [1.807, 2.05) is 0 Å². The van der Waals surface area contributed by atoms with Crippen LogP contribution in [0.4, 0.5) is 0 Å². The van der Waals surface area contributed by atoms with Crippen molar-refractivity contribution in [3.05, 3.63) is 0 Å². The largest absolute Gasteiger partial charge is 0.480 e. The molecule has 18 heavy (non-hydrogen) atoms. The summed E-state index contributed by atoms with van der Waals surface area (Å²) in [4.78, 5) is 13.1. The SMILES string of the molecule is O=C(O)CNC1CCCN(CC2CCCCC2)C1. The third kappa shape index (κ3) is 4.58. The maximum Gasteiger partial charge on any atom is 0.317 e. The summed E-state index contributed by atoms with van der Waals surface area (Å²) in [6.07, 6.45) is 9.32. The molecule has 2 fully saturated rings. The van der Waals surface area contributed by atoms with Gasteiger partial charge in [-0.1, -0.05) is 19.3 Å². The fourth-order valence-corrected chi connectivity index (χ4v) is 3.35. The lowest BCUT2D eigenvalue weighted by Gasteiger charge is -2.36. The summed E-state index contributed by atoms with van der Waals surface area (Å²) in [5, 5.41) is 11.8. The van der Waals surface area contributed by atoms with Crippen molar-refractivity contribution in [2.24, 2.45) is 5.92 Å². The second kappa shape index (κ2) is 7.10. The molecule has 4 nitrogen and oxygen atoms in total. The summed E-state index contributed by atoms with van der Waals surface area (Å²) >= 11 is 0. The lowest BCUT2D eigenvalue weighted by Crippen LogP contribution is -2.48. The van der Waals surface area contributed by atoms with E-state index in [4.69, 9.17) is 5.11 Å². The van der Waals surface area contributed by atoms with Crippen LogP contribution in [0.3, 0.4) is 0 Å². The predicted molar refractivity (Wildman–Crippen MR) is 71.7 cm³/mol. The maximum absolute atomic E-state index is 10.6. The Bertz CT molecular complexity index is 265. The van der Waals surface area contributed by atoms with Gasteiger partial charge in [-0.2, -0.15) is 0 Å². The van der Waals surface area contributed by atoms with Crippen LogP contribution in [-0.2, 0) is 4.79 Å². The zero-order valence-electron chi connectivity index (χ0n) is 11.2. The van der Waals surface area contributed by atoms with Gasteiger partial charge in [0, 0.05) is 19.1 Å². The van der Waals surface area contributed by atoms with Crippen LogP contribution < -0.4 is 5.32 Å². The highest BCUT2D eigenvalue weighted by Crippen LogP contribution is 2.25. The van der Waals surface area contributed by atoms with E-state index < -0.39 is 5.97 Å². The molecule has 1 unspecified atom stereocenters. The summed E-state index contributed by atoms with van der Waals surface area (Å²) in [6.45, 7) is 3.55. The zero-order valence-corrected chi connectivity index (χ0v) is 11.2. The van der Waals surface area contributed by atoms with Crippen LogP contribution in [0.5, 0.6) is 0 Å². The molecule has 2 aliphatic rings. The number of hydrogen-bond acceptors (Lipinski definition) is 3. The number of hydrogen-bond donors (Lipinski definition) is 2. The lowest BCUT2D eigenvalue weighted by molar-refractivity contribution is -0.136. The highest BCUT2D eigenvalue weighted by molar-refractivity contribution is 5.69. The summed E-state index contributed by atoms with van der Waals surface area (Å²) in [6, 6.07) is 0.374. The van der Waals surface area contributed by atoms with E-state index in [0.29, 0.717) is 6.04 Å². The molecule has 2 rings (SSSR count). The summed E-state index contributed by atoms with van der Waals surface area (Å²) in [7, 11) is 0. The van der Waals surface area contributed by atoms with Crippen LogP contribution in [-0.4, -0.2) is 48.2 Å². The van der Waals surface area contributed by atoms with Crippen molar-refractivity contribution >= 4 is 5.97 Å². The molecule has 1 saturated heterocycles. The van der Waals surface area contributed by atoms with Gasteiger partial charge >= 0.3 is 5.97 Å². The topological polar surface area (TPSA) is 52.6 Å². The Morgan fingerprint density at radius 2 is 1.94 bits per heavy atom. The van der Waals surface area contributed by atoms with Crippen molar-refractivity contribution in [3.63, 3.8) is 0 Å². The second-order valence-electron chi connectivity index (χ2n) is 5.88. The molecule has 1 atom stereocenters. The van der Waals surface area contributed by atoms with Crippen molar-refractivity contribution in [3.8, 4) is 0 Å². The average Bonchev–Trinajstić information content (AvgIpc) is 2.38. The number of nitrogens with zero attached hydrogens (tertiary/aromatic N) is 1. The van der Waals surface area contributed by atoms with Crippen LogP contribution in [0.25, 0.3) is 0 Å². The van der Waals surface area contributed by atoms with E-state index in [9.17, 15) is 4.79 Å². The molecule has 4 heteroatoms. The average molecular weight is 254 g/mol. The Hall–Kier alpha value is -0.610. The predicted octanol–water partition coefficient (Wildman–Crippen LogP) is 1.71. The van der Waals surface area contributed by atoms with Crippen molar-refractivity contribution in [2.45, 2.75) is 51.0 Å². The third-order valence-corrected chi connectivity index (χ3v) is 4.29. The van der Waals surface area contributed by atoms with Crippen molar-refractivity contribution < 1.29 is 9.90 Å². The van der Waals surface area contributed by atoms with Gasteiger partial charge in [0.25, 0.3) is 0 Å². The van der Waals surface area contributed by atoms with E-state index in [0.717, 1.165) is 18.9 Å². The molecule has 0 aromatic heterocycles. The number of aliphatic carboxylic acids is 1. The minimum atomic E-state index is -0.751. The Labute approximate surface area is 110 Å². The zero-order chi connectivity index (χ0) is 12.8. The maximum atomic E-state index is 10.6. The van der Waals surface area contributed by atoms with E-state index in [1.54, 1.807) is 0 Å². The number of nitrogens with one attached hydrogen (secondary N) is 1. The Morgan fingerprint density at radius 1 is 1.17 bits per heavy atom. The summed E-state index contributed by atoms with van der Waals surface area (Å²) < 4.78 is 0. The van der Waals surface area contributed by atoms with Crippen LogP contribution in [0.15, 0.2) is 0 Å². The highest BCUT2D eigenvalue weighted by atomic mass is 16.4. The van der Waals surface area contributed by atoms with Gasteiger partial charge in [-0.15, -0.1) is 0 Å². The molecule has 104 valence electrons. The monoisotopic (exact) mass is 254 g/mol. The molecule has 0 bridgehead atoms. The van der Waals surface area contributed by atoms with Gasteiger partial charge in [-0.25, -0.2) is 0 Å². The quantitative estimate of drug-likeness (QED) is 0.784. The van der Waals surface area contributed by atoms with E-state index in [2.05, 4.69) is 10.2 Å². The van der Waals surface area contributed by atoms with Crippen LogP contribution in [0.2, 0.25) is 0 Å². The highest BCUT2D eigenvalue weighted by Gasteiger charge is 2.23. The van der Waals surface area contributed by atoms with Gasteiger partial charge in [-0.05, 0) is 38.1 Å². The molecular weight excluding hydrogens is 228 g/mol. The second-order valence-corrected chi connectivity index (χ2v) is 5.88. The number of piperidine rings is 1. The minimum Gasteiger partial charge on any atom is -0.480 e. The van der Waals surface area contributed by atoms with Gasteiger partial charge in [0.2, 0.25) is 0 Å². The number of carboxylic acids is 1. The van der Waals surface area contributed by atoms with Gasteiger partial charge < -0.3 is 15.3 Å². The number of carbonyl (C=O) groups is 1. The molecule has 0 amide bonds. The lowest BCUT2D eigenvalue weighted by atomic mass is 9.88. The smallest absolute Gasteiger partial charge is 0.317 e. The first-order chi connectivity index (χ1) is 8.74. The minimum absolute atomic E-state index is 0.0991. The van der Waals surface area contributed by atoms with E-state index in [1.165, 1.54) is 51.6 Å². The number of likely N-dealkylation sites (tertiary alicyclic amines) is 1. The normalized spacial score (nSPS) is 27.2. The van der Waals surface area contributed by atoms with Crippen LogP contribution in [0, 0.1) is 5.92 Å².